The van der Waals surface area contributed by atoms with Crippen molar-refractivity contribution in [3.05, 3.63) is 35.4 Å². The molecule has 0 spiro atoms. The van der Waals surface area contributed by atoms with E-state index < -0.39 is 0 Å². The average Bonchev–Trinajstić information content (AvgIpc) is 2.40. The van der Waals surface area contributed by atoms with Crippen molar-refractivity contribution in [2.45, 2.75) is 57.6 Å². The molecule has 1 atom stereocenters. The molecule has 1 unspecified atom stereocenters. The fourth-order valence-corrected chi connectivity index (χ4v) is 2.69. The second-order valence-corrected chi connectivity index (χ2v) is 5.50. The first-order chi connectivity index (χ1) is 8.75. The van der Waals surface area contributed by atoms with Crippen LogP contribution >= 0.6 is 0 Å². The molecular formula is C16H25NO. The summed E-state index contributed by atoms with van der Waals surface area (Å²) in [6.07, 6.45) is 7.20. The van der Waals surface area contributed by atoms with E-state index in [1.807, 2.05) is 12.1 Å². The van der Waals surface area contributed by atoms with E-state index in [1.165, 1.54) is 37.7 Å². The minimum atomic E-state index is -0.332. The van der Waals surface area contributed by atoms with Gasteiger partial charge in [-0.3, -0.25) is 0 Å². The van der Waals surface area contributed by atoms with E-state index >= 15 is 0 Å². The van der Waals surface area contributed by atoms with Crippen molar-refractivity contribution in [3.8, 4) is 0 Å². The zero-order valence-corrected chi connectivity index (χ0v) is 11.4. The maximum absolute atomic E-state index is 10.1. The van der Waals surface area contributed by atoms with Gasteiger partial charge in [-0.25, -0.2) is 0 Å². The molecule has 0 heterocycles. The maximum Gasteiger partial charge on any atom is 0.0802 e. The molecule has 0 aromatic heterocycles. The van der Waals surface area contributed by atoms with Crippen LogP contribution in [0.25, 0.3) is 0 Å². The first-order valence-electron chi connectivity index (χ1n) is 7.24. The van der Waals surface area contributed by atoms with Gasteiger partial charge < -0.3 is 10.4 Å². The van der Waals surface area contributed by atoms with Gasteiger partial charge >= 0.3 is 0 Å². The fourth-order valence-electron chi connectivity index (χ4n) is 2.69. The first kappa shape index (κ1) is 13.6. The zero-order valence-electron chi connectivity index (χ0n) is 11.4. The number of aliphatic hydroxyl groups is 1. The number of rotatable bonds is 5. The molecule has 0 aliphatic heterocycles. The Morgan fingerprint density at radius 1 is 1.17 bits per heavy atom. The van der Waals surface area contributed by atoms with Crippen LogP contribution in [-0.4, -0.2) is 17.7 Å². The van der Waals surface area contributed by atoms with E-state index in [-0.39, 0.29) is 6.10 Å². The molecule has 1 aromatic carbocycles. The molecule has 1 saturated carbocycles. The minimum absolute atomic E-state index is 0.332. The highest BCUT2D eigenvalue weighted by Crippen LogP contribution is 2.19. The van der Waals surface area contributed by atoms with Crippen molar-refractivity contribution in [1.29, 1.82) is 0 Å². The van der Waals surface area contributed by atoms with Gasteiger partial charge in [0.05, 0.1) is 6.10 Å². The van der Waals surface area contributed by atoms with Crippen LogP contribution in [0.4, 0.5) is 0 Å². The minimum Gasteiger partial charge on any atom is -0.388 e. The standard InChI is InChI=1S/C16H25NO/c1-13-7-9-14(10-8-13)16(18)11-12-17-15-5-3-2-4-6-15/h7-10,15-18H,2-6,11-12H2,1H3. The second kappa shape index (κ2) is 6.91. The topological polar surface area (TPSA) is 32.3 Å². The molecule has 1 aliphatic rings. The molecular weight excluding hydrogens is 222 g/mol. The van der Waals surface area contributed by atoms with Gasteiger partial charge in [0.25, 0.3) is 0 Å². The lowest BCUT2D eigenvalue weighted by molar-refractivity contribution is 0.164. The molecule has 2 N–H and O–H groups in total. The van der Waals surface area contributed by atoms with Crippen molar-refractivity contribution in [2.24, 2.45) is 0 Å². The van der Waals surface area contributed by atoms with E-state index in [0.717, 1.165) is 18.5 Å². The predicted octanol–water partition coefficient (Wildman–Crippen LogP) is 3.34. The first-order valence-corrected chi connectivity index (χ1v) is 7.24. The van der Waals surface area contributed by atoms with Gasteiger partial charge in [-0.05, 0) is 38.3 Å². The third kappa shape index (κ3) is 4.11. The summed E-state index contributed by atoms with van der Waals surface area (Å²) < 4.78 is 0. The van der Waals surface area contributed by atoms with Crippen LogP contribution in [-0.2, 0) is 0 Å². The molecule has 0 radical (unpaired) electrons. The van der Waals surface area contributed by atoms with Gasteiger partial charge in [0.15, 0.2) is 0 Å². The van der Waals surface area contributed by atoms with Crippen LogP contribution in [0, 0.1) is 6.92 Å². The summed E-state index contributed by atoms with van der Waals surface area (Å²) in [5, 5.41) is 13.7. The maximum atomic E-state index is 10.1. The van der Waals surface area contributed by atoms with Crippen LogP contribution in [0.1, 0.15) is 55.8 Å². The van der Waals surface area contributed by atoms with E-state index in [9.17, 15) is 5.11 Å². The normalized spacial score (nSPS) is 18.8. The number of hydrogen-bond donors (Lipinski definition) is 2. The Morgan fingerprint density at radius 3 is 2.50 bits per heavy atom. The lowest BCUT2D eigenvalue weighted by atomic mass is 9.95. The van der Waals surface area contributed by atoms with E-state index in [1.54, 1.807) is 0 Å². The van der Waals surface area contributed by atoms with E-state index in [4.69, 9.17) is 0 Å². The quantitative estimate of drug-likeness (QED) is 0.836. The number of aliphatic hydroxyl groups excluding tert-OH is 1. The molecule has 0 saturated heterocycles. The Balaban J connectivity index is 1.70. The van der Waals surface area contributed by atoms with Crippen molar-refractivity contribution >= 4 is 0 Å². The van der Waals surface area contributed by atoms with Gasteiger partial charge in [0.1, 0.15) is 0 Å². The zero-order chi connectivity index (χ0) is 12.8. The van der Waals surface area contributed by atoms with Gasteiger partial charge in [-0.15, -0.1) is 0 Å². The second-order valence-electron chi connectivity index (χ2n) is 5.50. The number of aryl methyl sites for hydroxylation is 1. The third-order valence-electron chi connectivity index (χ3n) is 3.92. The number of hydrogen-bond acceptors (Lipinski definition) is 2. The van der Waals surface area contributed by atoms with Crippen LogP contribution in [0.5, 0.6) is 0 Å². The molecule has 2 rings (SSSR count). The molecule has 2 heteroatoms. The van der Waals surface area contributed by atoms with Crippen LogP contribution in [0.3, 0.4) is 0 Å². The summed E-state index contributed by atoms with van der Waals surface area (Å²) in [5.74, 6) is 0. The van der Waals surface area contributed by atoms with E-state index in [2.05, 4.69) is 24.4 Å². The highest BCUT2D eigenvalue weighted by atomic mass is 16.3. The van der Waals surface area contributed by atoms with Crippen LogP contribution < -0.4 is 5.32 Å². The summed E-state index contributed by atoms with van der Waals surface area (Å²) in [7, 11) is 0. The van der Waals surface area contributed by atoms with Gasteiger partial charge in [0.2, 0.25) is 0 Å². The molecule has 0 amide bonds. The Morgan fingerprint density at radius 2 is 1.83 bits per heavy atom. The lowest BCUT2D eigenvalue weighted by Gasteiger charge is -2.23. The molecule has 1 aliphatic carbocycles. The average molecular weight is 247 g/mol. The van der Waals surface area contributed by atoms with Crippen LogP contribution in [0.2, 0.25) is 0 Å². The summed E-state index contributed by atoms with van der Waals surface area (Å²) in [6.45, 7) is 2.99. The van der Waals surface area contributed by atoms with Gasteiger partial charge in [0, 0.05) is 6.04 Å². The summed E-state index contributed by atoms with van der Waals surface area (Å²) >= 11 is 0. The van der Waals surface area contributed by atoms with Crippen molar-refractivity contribution in [3.63, 3.8) is 0 Å². The Kier molecular flexibility index (Phi) is 5.21. The Labute approximate surface area is 110 Å². The molecule has 2 nitrogen and oxygen atoms in total. The summed E-state index contributed by atoms with van der Waals surface area (Å²) in [6, 6.07) is 8.87. The van der Waals surface area contributed by atoms with Crippen LogP contribution in [0.15, 0.2) is 24.3 Å². The molecule has 100 valence electrons. The van der Waals surface area contributed by atoms with E-state index in [0.29, 0.717) is 6.04 Å². The number of nitrogens with one attached hydrogen (secondary N) is 1. The third-order valence-corrected chi connectivity index (χ3v) is 3.92. The lowest BCUT2D eigenvalue weighted by Crippen LogP contribution is -2.32. The number of benzene rings is 1. The van der Waals surface area contributed by atoms with Gasteiger partial charge in [-0.1, -0.05) is 49.1 Å². The molecule has 0 bridgehead atoms. The summed E-state index contributed by atoms with van der Waals surface area (Å²) in [4.78, 5) is 0. The summed E-state index contributed by atoms with van der Waals surface area (Å²) in [5.41, 5.74) is 2.28. The van der Waals surface area contributed by atoms with Crippen molar-refractivity contribution in [1.82, 2.24) is 5.32 Å². The van der Waals surface area contributed by atoms with Gasteiger partial charge in [-0.2, -0.15) is 0 Å². The van der Waals surface area contributed by atoms with Crippen molar-refractivity contribution in [2.75, 3.05) is 6.54 Å². The molecule has 18 heavy (non-hydrogen) atoms. The monoisotopic (exact) mass is 247 g/mol. The smallest absolute Gasteiger partial charge is 0.0802 e. The largest absolute Gasteiger partial charge is 0.388 e. The predicted molar refractivity (Wildman–Crippen MR) is 75.6 cm³/mol. The molecule has 1 aromatic rings. The fraction of sp³-hybridized carbons (Fsp3) is 0.625. The van der Waals surface area contributed by atoms with Crippen molar-refractivity contribution < 1.29 is 5.11 Å². The Bertz CT molecular complexity index is 341. The molecule has 1 fully saturated rings. The Hall–Kier alpha value is -0.860. The SMILES string of the molecule is Cc1ccc(C(O)CCNC2CCCCC2)cc1. The highest BCUT2D eigenvalue weighted by Gasteiger charge is 2.13. The highest BCUT2D eigenvalue weighted by molar-refractivity contribution is 5.22.